The van der Waals surface area contributed by atoms with E-state index in [0.717, 1.165) is 11.2 Å². The second-order valence-electron chi connectivity index (χ2n) is 6.10. The molecule has 3 nitrogen and oxygen atoms in total. The van der Waals surface area contributed by atoms with Gasteiger partial charge in [-0.3, -0.25) is 9.20 Å². The number of hydrogen-bond donors (Lipinski definition) is 0. The molecule has 2 heterocycles. The predicted octanol–water partition coefficient (Wildman–Crippen LogP) is 4.69. The zero-order valence-corrected chi connectivity index (χ0v) is 14.4. The second-order valence-corrected chi connectivity index (χ2v) is 6.10. The zero-order chi connectivity index (χ0) is 18.0. The van der Waals surface area contributed by atoms with E-state index in [4.69, 9.17) is 0 Å². The third-order valence-corrected chi connectivity index (χ3v) is 4.42. The number of Topliss-reactive ketones (excluding diaryl/α,β-unsaturated/α-hetero) is 1. The molecule has 0 unspecified atom stereocenters. The molecule has 0 saturated carbocycles. The Morgan fingerprint density at radius 2 is 1.84 bits per heavy atom. The number of rotatable bonds is 6. The van der Waals surface area contributed by atoms with Gasteiger partial charge in [0.15, 0.2) is 5.78 Å². The van der Waals surface area contributed by atoms with Crippen molar-refractivity contribution in [1.29, 1.82) is 0 Å². The molecule has 0 fully saturated rings. The average Bonchev–Trinajstić information content (AvgIpc) is 2.93. The van der Waals surface area contributed by atoms with E-state index in [9.17, 15) is 13.6 Å². The molecule has 0 radical (unpaired) electrons. The molecular weight excluding hydrogens is 322 g/mol. The highest BCUT2D eigenvalue weighted by Gasteiger charge is 2.16. The first-order valence-electron chi connectivity index (χ1n) is 8.45. The largest absolute Gasteiger partial charge is 0.297 e. The maximum Gasteiger partial charge on any atom is 0.181 e. The van der Waals surface area contributed by atoms with Crippen molar-refractivity contribution in [3.63, 3.8) is 0 Å². The van der Waals surface area contributed by atoms with E-state index in [0.29, 0.717) is 37.1 Å². The number of aryl methyl sites for hydroxylation is 2. The lowest BCUT2D eigenvalue weighted by atomic mass is 10.0. The highest BCUT2D eigenvalue weighted by molar-refractivity contribution is 5.96. The van der Waals surface area contributed by atoms with Gasteiger partial charge in [-0.1, -0.05) is 19.1 Å². The monoisotopic (exact) mass is 342 g/mol. The number of aromatic nitrogens is 2. The molecule has 2 aromatic heterocycles. The maximum absolute atomic E-state index is 13.7. The van der Waals surface area contributed by atoms with Crippen molar-refractivity contribution in [2.75, 3.05) is 0 Å². The zero-order valence-electron chi connectivity index (χ0n) is 14.4. The lowest BCUT2D eigenvalue weighted by Gasteiger charge is -2.07. The number of halogens is 2. The van der Waals surface area contributed by atoms with Gasteiger partial charge in [0.1, 0.15) is 23.0 Å². The van der Waals surface area contributed by atoms with Crippen LogP contribution in [0.5, 0.6) is 0 Å². The van der Waals surface area contributed by atoms with Crippen LogP contribution >= 0.6 is 0 Å². The highest BCUT2D eigenvalue weighted by atomic mass is 19.1. The minimum atomic E-state index is -0.509. The normalized spacial score (nSPS) is 11.2. The molecule has 0 aliphatic heterocycles. The molecule has 5 heteroatoms. The summed E-state index contributed by atoms with van der Waals surface area (Å²) in [7, 11) is 0. The molecule has 130 valence electrons. The topological polar surface area (TPSA) is 34.4 Å². The van der Waals surface area contributed by atoms with Crippen LogP contribution in [0, 0.1) is 18.6 Å². The SMILES string of the molecule is CCC(=O)c1c(C)nc2c(CCCc3c(F)cccc3F)cccn12. The standard InChI is InChI=1S/C20H20F2N2O/c1-3-18(25)19-13(2)23-20-14(8-6-12-24(19)20)7-4-9-15-16(21)10-5-11-17(15)22/h5-6,8,10-12H,3-4,7,9H2,1-2H3. The van der Waals surface area contributed by atoms with Gasteiger partial charge in [0.25, 0.3) is 0 Å². The van der Waals surface area contributed by atoms with Gasteiger partial charge in [-0.25, -0.2) is 13.8 Å². The number of fused-ring (bicyclic) bond motifs is 1. The third kappa shape index (κ3) is 3.31. The van der Waals surface area contributed by atoms with Crippen LogP contribution in [-0.4, -0.2) is 15.2 Å². The molecule has 0 aliphatic carbocycles. The lowest BCUT2D eigenvalue weighted by molar-refractivity contribution is 0.0982. The Hall–Kier alpha value is -2.56. The number of benzene rings is 1. The van der Waals surface area contributed by atoms with E-state index in [1.165, 1.54) is 18.2 Å². The quantitative estimate of drug-likeness (QED) is 0.609. The molecule has 0 bridgehead atoms. The Labute approximate surface area is 145 Å². The van der Waals surface area contributed by atoms with Gasteiger partial charge in [0.2, 0.25) is 0 Å². The van der Waals surface area contributed by atoms with Gasteiger partial charge in [0, 0.05) is 18.2 Å². The molecule has 0 aliphatic rings. The lowest BCUT2D eigenvalue weighted by Crippen LogP contribution is -2.04. The van der Waals surface area contributed by atoms with Crippen LogP contribution < -0.4 is 0 Å². The molecule has 0 amide bonds. The summed E-state index contributed by atoms with van der Waals surface area (Å²) in [6.07, 6.45) is 3.80. The van der Waals surface area contributed by atoms with Crippen LogP contribution in [0.2, 0.25) is 0 Å². The number of carbonyl (C=O) groups is 1. The van der Waals surface area contributed by atoms with Crippen molar-refractivity contribution in [3.8, 4) is 0 Å². The molecule has 25 heavy (non-hydrogen) atoms. The summed E-state index contributed by atoms with van der Waals surface area (Å²) in [5, 5.41) is 0. The molecular formula is C20H20F2N2O. The number of nitrogens with zero attached hydrogens (tertiary/aromatic N) is 2. The molecule has 0 saturated heterocycles. The maximum atomic E-state index is 13.7. The van der Waals surface area contributed by atoms with Crippen LogP contribution in [0.3, 0.4) is 0 Å². The summed E-state index contributed by atoms with van der Waals surface area (Å²) < 4.78 is 29.3. The summed E-state index contributed by atoms with van der Waals surface area (Å²) >= 11 is 0. The highest BCUT2D eigenvalue weighted by Crippen LogP contribution is 2.20. The Bertz CT molecular complexity index is 911. The molecule has 0 N–H and O–H groups in total. The van der Waals surface area contributed by atoms with Gasteiger partial charge in [-0.05, 0) is 49.9 Å². The Morgan fingerprint density at radius 3 is 2.52 bits per heavy atom. The van der Waals surface area contributed by atoms with Crippen LogP contribution in [0.25, 0.3) is 5.65 Å². The summed E-state index contributed by atoms with van der Waals surface area (Å²) in [5.41, 5.74) is 3.15. The predicted molar refractivity (Wildman–Crippen MR) is 92.9 cm³/mol. The van der Waals surface area contributed by atoms with Gasteiger partial charge in [0.05, 0.1) is 5.69 Å². The fourth-order valence-electron chi connectivity index (χ4n) is 3.16. The van der Waals surface area contributed by atoms with Crippen molar-refractivity contribution < 1.29 is 13.6 Å². The van der Waals surface area contributed by atoms with Gasteiger partial charge in [-0.15, -0.1) is 0 Å². The third-order valence-electron chi connectivity index (χ3n) is 4.42. The number of carbonyl (C=O) groups excluding carboxylic acids is 1. The Balaban J connectivity index is 1.84. The summed E-state index contributed by atoms with van der Waals surface area (Å²) in [6.45, 7) is 3.66. The van der Waals surface area contributed by atoms with Crippen LogP contribution in [0.1, 0.15) is 47.1 Å². The van der Waals surface area contributed by atoms with Crippen molar-refractivity contribution >= 4 is 11.4 Å². The molecule has 3 rings (SSSR count). The van der Waals surface area contributed by atoms with E-state index in [1.54, 1.807) is 0 Å². The first-order valence-corrected chi connectivity index (χ1v) is 8.45. The van der Waals surface area contributed by atoms with E-state index < -0.39 is 11.6 Å². The smallest absolute Gasteiger partial charge is 0.181 e. The molecule has 1 aromatic carbocycles. The number of ketones is 1. The van der Waals surface area contributed by atoms with Crippen LogP contribution in [-0.2, 0) is 12.8 Å². The average molecular weight is 342 g/mol. The van der Waals surface area contributed by atoms with Crippen molar-refractivity contribution in [3.05, 3.63) is 70.7 Å². The Morgan fingerprint density at radius 1 is 1.12 bits per heavy atom. The number of pyridine rings is 1. The fourth-order valence-corrected chi connectivity index (χ4v) is 3.16. The molecule has 0 spiro atoms. The van der Waals surface area contributed by atoms with Crippen LogP contribution in [0.4, 0.5) is 8.78 Å². The van der Waals surface area contributed by atoms with Gasteiger partial charge < -0.3 is 0 Å². The molecule has 3 aromatic rings. The second kappa shape index (κ2) is 7.13. The number of imidazole rings is 1. The minimum absolute atomic E-state index is 0.0515. The first kappa shape index (κ1) is 17.3. The van der Waals surface area contributed by atoms with Gasteiger partial charge >= 0.3 is 0 Å². The summed E-state index contributed by atoms with van der Waals surface area (Å²) in [5.74, 6) is -0.966. The minimum Gasteiger partial charge on any atom is -0.297 e. The van der Waals surface area contributed by atoms with E-state index in [1.807, 2.05) is 36.6 Å². The summed E-state index contributed by atoms with van der Waals surface area (Å²) in [4.78, 5) is 16.7. The Kier molecular flexibility index (Phi) is 4.93. The number of hydrogen-bond acceptors (Lipinski definition) is 2. The summed E-state index contributed by atoms with van der Waals surface area (Å²) in [6, 6.07) is 7.74. The van der Waals surface area contributed by atoms with Crippen molar-refractivity contribution in [2.45, 2.75) is 39.5 Å². The van der Waals surface area contributed by atoms with E-state index in [-0.39, 0.29) is 11.3 Å². The van der Waals surface area contributed by atoms with Crippen molar-refractivity contribution in [2.24, 2.45) is 0 Å². The van der Waals surface area contributed by atoms with Crippen LogP contribution in [0.15, 0.2) is 36.5 Å². The fraction of sp³-hybridized carbons (Fsp3) is 0.300. The van der Waals surface area contributed by atoms with E-state index >= 15 is 0 Å². The van der Waals surface area contributed by atoms with Crippen molar-refractivity contribution in [1.82, 2.24) is 9.38 Å². The molecule has 0 atom stereocenters. The van der Waals surface area contributed by atoms with Gasteiger partial charge in [-0.2, -0.15) is 0 Å². The van der Waals surface area contributed by atoms with E-state index in [2.05, 4.69) is 4.98 Å². The first-order chi connectivity index (χ1) is 12.0.